The molecule has 0 unspecified atom stereocenters. The van der Waals surface area contributed by atoms with E-state index < -0.39 is 15.3 Å². The second-order valence-electron chi connectivity index (χ2n) is 9.44. The van der Waals surface area contributed by atoms with E-state index in [1.165, 1.54) is 6.26 Å². The van der Waals surface area contributed by atoms with Gasteiger partial charge < -0.3 is 20.3 Å². The number of nitrogens with one attached hydrogen (secondary N) is 2. The Bertz CT molecular complexity index is 1260. The Kier molecular flexibility index (Phi) is 6.64. The lowest BCUT2D eigenvalue weighted by molar-refractivity contribution is 0.0985. The zero-order valence-electron chi connectivity index (χ0n) is 20.5. The molecule has 0 radical (unpaired) electrons. The number of aryl methyl sites for hydroxylation is 1. The molecule has 10 nitrogen and oxygen atoms in total. The van der Waals surface area contributed by atoms with Crippen LogP contribution in [0, 0.1) is 0 Å². The first-order chi connectivity index (χ1) is 17.1. The third-order valence-corrected chi connectivity index (χ3v) is 8.95. The predicted octanol–water partition coefficient (Wildman–Crippen LogP) is 4.28. The number of hydrogen-bond acceptors (Lipinski definition) is 8. The van der Waals surface area contributed by atoms with Crippen molar-refractivity contribution in [3.63, 3.8) is 0 Å². The molecule has 1 aromatic carbocycles. The van der Waals surface area contributed by atoms with Crippen LogP contribution in [0.5, 0.6) is 0 Å². The van der Waals surface area contributed by atoms with Crippen LogP contribution in [-0.2, 0) is 16.5 Å². The Morgan fingerprint density at radius 2 is 1.89 bits per heavy atom. The molecule has 4 N–H and O–H groups in total. The van der Waals surface area contributed by atoms with E-state index in [4.69, 9.17) is 26.9 Å². The summed E-state index contributed by atoms with van der Waals surface area (Å²) in [5, 5.41) is 10.9. The van der Waals surface area contributed by atoms with Crippen molar-refractivity contribution in [1.82, 2.24) is 19.7 Å². The van der Waals surface area contributed by atoms with E-state index in [-0.39, 0.29) is 6.04 Å². The van der Waals surface area contributed by atoms with Crippen LogP contribution in [0.1, 0.15) is 25.5 Å². The first-order valence-electron chi connectivity index (χ1n) is 11.8. The van der Waals surface area contributed by atoms with Crippen LogP contribution < -0.4 is 15.5 Å². The van der Waals surface area contributed by atoms with Gasteiger partial charge in [0, 0.05) is 43.4 Å². The van der Waals surface area contributed by atoms with Gasteiger partial charge in [0.2, 0.25) is 0 Å². The molecule has 0 amide bonds. The number of thiocarbonyl (C=S) groups is 1. The highest BCUT2D eigenvalue weighted by Crippen LogP contribution is 2.69. The highest BCUT2D eigenvalue weighted by atomic mass is 32.3. The minimum absolute atomic E-state index is 0.159. The lowest BCUT2D eigenvalue weighted by atomic mass is 10.1. The van der Waals surface area contributed by atoms with E-state index in [1.54, 1.807) is 10.9 Å². The smallest absolute Gasteiger partial charge is 0.175 e. The van der Waals surface area contributed by atoms with E-state index in [2.05, 4.69) is 27.6 Å². The molecule has 2 fully saturated rings. The average molecular weight is 530 g/mol. The van der Waals surface area contributed by atoms with Gasteiger partial charge in [0.15, 0.2) is 10.9 Å². The molecule has 192 valence electrons. The van der Waals surface area contributed by atoms with Gasteiger partial charge in [-0.1, -0.05) is 0 Å². The Morgan fingerprint density at radius 3 is 2.50 bits per heavy atom. The summed E-state index contributed by atoms with van der Waals surface area (Å²) in [6.45, 7) is 4.07. The summed E-state index contributed by atoms with van der Waals surface area (Å²) in [7, 11) is -0.976. The molecule has 0 bridgehead atoms. The van der Waals surface area contributed by atoms with Crippen molar-refractivity contribution >= 4 is 45.1 Å². The van der Waals surface area contributed by atoms with E-state index >= 15 is 0 Å². The molecule has 12 heteroatoms. The van der Waals surface area contributed by atoms with Gasteiger partial charge in [-0.3, -0.25) is 13.8 Å². The predicted molar refractivity (Wildman–Crippen MR) is 148 cm³/mol. The standard InChI is InChI=1S/C24H31N7O3S2/c1-16-15-34-11-10-31(16)21-12-20(24(8-9-24)36(3,32)33)28-22(29-21)17-4-6-18(7-5-17)26-23(35)27-19-13-25-30(2)14-19/h4-7,12-14,16,32-33H,8-11,15H2,1-3H3,(H2,26,27,35)/t16-/m0/s1. The summed E-state index contributed by atoms with van der Waals surface area (Å²) < 4.78 is 27.8. The molecule has 5 rings (SSSR count). The van der Waals surface area contributed by atoms with Gasteiger partial charge in [-0.05, 0) is 56.2 Å². The van der Waals surface area contributed by atoms with Gasteiger partial charge in [-0.2, -0.15) is 15.7 Å². The largest absolute Gasteiger partial charge is 0.377 e. The number of nitrogens with zero attached hydrogens (tertiary/aromatic N) is 5. The second kappa shape index (κ2) is 9.60. The zero-order valence-corrected chi connectivity index (χ0v) is 22.1. The van der Waals surface area contributed by atoms with E-state index in [0.717, 1.165) is 29.3 Å². The lowest BCUT2D eigenvalue weighted by Crippen LogP contribution is -2.44. The first-order valence-corrected chi connectivity index (χ1v) is 14.1. The summed E-state index contributed by atoms with van der Waals surface area (Å²) in [4.78, 5) is 11.9. The Labute approximate surface area is 217 Å². The van der Waals surface area contributed by atoms with Gasteiger partial charge >= 0.3 is 0 Å². The normalized spacial score (nSPS) is 19.6. The maximum absolute atomic E-state index is 10.6. The minimum Gasteiger partial charge on any atom is -0.377 e. The molecule has 1 aliphatic heterocycles. The van der Waals surface area contributed by atoms with Crippen molar-refractivity contribution in [1.29, 1.82) is 0 Å². The van der Waals surface area contributed by atoms with Crippen LogP contribution in [0.3, 0.4) is 0 Å². The zero-order chi connectivity index (χ0) is 25.5. The number of benzene rings is 1. The van der Waals surface area contributed by atoms with Crippen molar-refractivity contribution in [2.24, 2.45) is 7.05 Å². The summed E-state index contributed by atoms with van der Waals surface area (Å²) in [5.41, 5.74) is 3.14. The highest BCUT2D eigenvalue weighted by molar-refractivity contribution is 8.24. The SMILES string of the molecule is C[C@H]1COCCN1c1cc(C2(S(C)(O)O)CC2)nc(-c2ccc(NC(=S)Nc3cnn(C)c3)cc2)n1. The number of rotatable bonds is 6. The fourth-order valence-corrected chi connectivity index (χ4v) is 6.06. The van der Waals surface area contributed by atoms with Gasteiger partial charge in [-0.25, -0.2) is 9.97 Å². The number of morpholine rings is 1. The molecule has 36 heavy (non-hydrogen) atoms. The summed E-state index contributed by atoms with van der Waals surface area (Å²) in [6, 6.07) is 9.79. The molecule has 1 saturated heterocycles. The number of anilines is 3. The number of ether oxygens (including phenoxy) is 1. The third-order valence-electron chi connectivity index (χ3n) is 6.65. The average Bonchev–Trinajstić information content (AvgIpc) is 3.57. The highest BCUT2D eigenvalue weighted by Gasteiger charge is 2.55. The second-order valence-corrected chi connectivity index (χ2v) is 12.3. The van der Waals surface area contributed by atoms with Crippen LogP contribution >= 0.6 is 22.8 Å². The van der Waals surface area contributed by atoms with Crippen molar-refractivity contribution in [2.45, 2.75) is 30.6 Å². The van der Waals surface area contributed by atoms with Gasteiger partial charge in [0.05, 0.1) is 36.8 Å². The molecule has 3 aromatic rings. The van der Waals surface area contributed by atoms with Crippen LogP contribution in [0.2, 0.25) is 0 Å². The molecule has 1 aliphatic carbocycles. The molecule has 1 saturated carbocycles. The summed E-state index contributed by atoms with van der Waals surface area (Å²) >= 11 is 5.41. The minimum atomic E-state index is -2.82. The molecule has 0 spiro atoms. The molecular formula is C24H31N7O3S2. The Morgan fingerprint density at radius 1 is 1.17 bits per heavy atom. The fourth-order valence-electron chi connectivity index (χ4n) is 4.45. The van der Waals surface area contributed by atoms with Gasteiger partial charge in [0.25, 0.3) is 0 Å². The molecule has 3 heterocycles. The Hall–Kier alpha value is -2.77. The van der Waals surface area contributed by atoms with Crippen LogP contribution in [-0.4, -0.2) is 66.0 Å². The van der Waals surface area contributed by atoms with Crippen molar-refractivity contribution in [3.05, 3.63) is 48.4 Å². The maximum atomic E-state index is 10.6. The first kappa shape index (κ1) is 24.9. The van der Waals surface area contributed by atoms with Crippen LogP contribution in [0.15, 0.2) is 42.7 Å². The van der Waals surface area contributed by atoms with E-state index in [0.29, 0.717) is 42.7 Å². The molecule has 1 atom stereocenters. The molecule has 2 aliphatic rings. The summed E-state index contributed by atoms with van der Waals surface area (Å²) in [5.74, 6) is 1.34. The van der Waals surface area contributed by atoms with Gasteiger partial charge in [-0.15, -0.1) is 0 Å². The van der Waals surface area contributed by atoms with Crippen LogP contribution in [0.4, 0.5) is 17.2 Å². The maximum Gasteiger partial charge on any atom is 0.175 e. The van der Waals surface area contributed by atoms with Crippen molar-refractivity contribution in [3.8, 4) is 11.4 Å². The fraction of sp³-hybridized carbons (Fsp3) is 0.417. The van der Waals surface area contributed by atoms with E-state index in [9.17, 15) is 9.11 Å². The lowest BCUT2D eigenvalue weighted by Gasteiger charge is -2.38. The monoisotopic (exact) mass is 529 g/mol. The molecule has 2 aromatic heterocycles. The Balaban J connectivity index is 1.42. The summed E-state index contributed by atoms with van der Waals surface area (Å²) in [6.07, 6.45) is 6.45. The van der Waals surface area contributed by atoms with Crippen molar-refractivity contribution in [2.75, 3.05) is 41.5 Å². The van der Waals surface area contributed by atoms with E-state index in [1.807, 2.05) is 43.6 Å². The third kappa shape index (κ3) is 5.04. The number of aromatic nitrogens is 4. The van der Waals surface area contributed by atoms with Crippen LogP contribution in [0.25, 0.3) is 11.4 Å². The molecular weight excluding hydrogens is 498 g/mol. The topological polar surface area (TPSA) is 121 Å². The van der Waals surface area contributed by atoms with Crippen molar-refractivity contribution < 1.29 is 13.8 Å². The van der Waals surface area contributed by atoms with Gasteiger partial charge in [0.1, 0.15) is 10.6 Å². The quantitative estimate of drug-likeness (QED) is 0.344. The number of hydrogen-bond donors (Lipinski definition) is 4.